The molecule has 0 aliphatic rings. The average molecular weight is 285 g/mol. The topological polar surface area (TPSA) is 61.2 Å². The Hall–Kier alpha value is -1.35. The van der Waals surface area contributed by atoms with Crippen LogP contribution in [0.1, 0.15) is 12.5 Å². The van der Waals surface area contributed by atoms with Crippen LogP contribution in [0, 0.1) is 11.3 Å². The molecule has 0 radical (unpaired) electrons. The van der Waals surface area contributed by atoms with E-state index in [1.54, 1.807) is 6.92 Å². The second-order valence-electron chi connectivity index (χ2n) is 3.97. The second-order valence-corrected chi connectivity index (χ2v) is 6.42. The lowest BCUT2D eigenvalue weighted by molar-refractivity contribution is 0.493. The van der Waals surface area contributed by atoms with Gasteiger partial charge in [-0.25, -0.2) is 8.42 Å². The minimum atomic E-state index is -3.60. The number of likely N-dealkylation sites (N-methyl/N-ethyl adjacent to an activating group) is 1. The van der Waals surface area contributed by atoms with Crippen LogP contribution in [0.2, 0.25) is 5.02 Å². The third-order valence-corrected chi connectivity index (χ3v) is 4.37. The Labute approximate surface area is 112 Å². The second kappa shape index (κ2) is 5.53. The lowest BCUT2D eigenvalue weighted by atomic mass is 10.2. The molecule has 1 aromatic rings. The van der Waals surface area contributed by atoms with Gasteiger partial charge in [0.05, 0.1) is 15.5 Å². The quantitative estimate of drug-likeness (QED) is 0.798. The molecule has 0 N–H and O–H groups in total. The van der Waals surface area contributed by atoms with E-state index in [1.165, 1.54) is 29.6 Å². The van der Waals surface area contributed by atoms with Crippen molar-refractivity contribution in [1.82, 2.24) is 4.31 Å². The first-order valence-electron chi connectivity index (χ1n) is 5.09. The predicted octanol–water partition coefficient (Wildman–Crippen LogP) is 2.41. The van der Waals surface area contributed by atoms with Crippen LogP contribution < -0.4 is 0 Å². The van der Waals surface area contributed by atoms with Gasteiger partial charge in [0.15, 0.2) is 0 Å². The molecule has 0 saturated carbocycles. The van der Waals surface area contributed by atoms with Crippen LogP contribution in [0.15, 0.2) is 35.2 Å². The van der Waals surface area contributed by atoms with E-state index >= 15 is 0 Å². The molecule has 0 heterocycles. The highest BCUT2D eigenvalue weighted by atomic mass is 35.5. The van der Waals surface area contributed by atoms with Gasteiger partial charge in [0.2, 0.25) is 10.0 Å². The number of benzene rings is 1. The molecule has 0 saturated heterocycles. The largest absolute Gasteiger partial charge is 0.243 e. The molecule has 0 atom stereocenters. The number of nitriles is 1. The predicted molar refractivity (Wildman–Crippen MR) is 70.8 cm³/mol. The van der Waals surface area contributed by atoms with E-state index in [4.69, 9.17) is 16.9 Å². The molecular weight excluding hydrogens is 272 g/mol. The molecule has 96 valence electrons. The van der Waals surface area contributed by atoms with Gasteiger partial charge in [-0.1, -0.05) is 23.8 Å². The first-order valence-corrected chi connectivity index (χ1v) is 6.91. The number of rotatable bonds is 4. The van der Waals surface area contributed by atoms with Crippen LogP contribution in [-0.2, 0) is 10.0 Å². The molecule has 1 rings (SSSR count). The molecule has 0 bridgehead atoms. The lowest BCUT2D eigenvalue weighted by Crippen LogP contribution is -2.28. The minimum absolute atomic E-state index is 0.0650. The smallest absolute Gasteiger partial charge is 0.207 e. The molecule has 0 amide bonds. The summed E-state index contributed by atoms with van der Waals surface area (Å²) in [6.07, 6.45) is 0. The SMILES string of the molecule is C=C(C)CN(C)S(=O)(=O)c1ccc(C#N)c(Cl)c1. The fraction of sp³-hybridized carbons (Fsp3) is 0.250. The van der Waals surface area contributed by atoms with Crippen LogP contribution >= 0.6 is 11.6 Å². The number of hydrogen-bond acceptors (Lipinski definition) is 3. The zero-order valence-electron chi connectivity index (χ0n) is 10.1. The molecule has 4 nitrogen and oxygen atoms in total. The highest BCUT2D eigenvalue weighted by molar-refractivity contribution is 7.89. The van der Waals surface area contributed by atoms with Crippen LogP contribution in [0.5, 0.6) is 0 Å². The highest BCUT2D eigenvalue weighted by Crippen LogP contribution is 2.22. The molecule has 18 heavy (non-hydrogen) atoms. The fourth-order valence-electron chi connectivity index (χ4n) is 1.39. The number of sulfonamides is 1. The van der Waals surface area contributed by atoms with E-state index in [0.29, 0.717) is 0 Å². The Bertz CT molecular complexity index is 617. The Balaban J connectivity index is 3.18. The minimum Gasteiger partial charge on any atom is -0.207 e. The summed E-state index contributed by atoms with van der Waals surface area (Å²) in [6, 6.07) is 5.93. The molecule has 0 aliphatic carbocycles. The molecular formula is C12H13ClN2O2S. The first-order chi connectivity index (χ1) is 8.28. The van der Waals surface area contributed by atoms with E-state index in [2.05, 4.69) is 6.58 Å². The zero-order valence-corrected chi connectivity index (χ0v) is 11.7. The number of halogens is 1. The highest BCUT2D eigenvalue weighted by Gasteiger charge is 2.21. The summed E-state index contributed by atoms with van der Waals surface area (Å²) < 4.78 is 25.5. The van der Waals surface area contributed by atoms with Crippen molar-refractivity contribution in [3.05, 3.63) is 40.9 Å². The summed E-state index contributed by atoms with van der Waals surface area (Å²) in [6.45, 7) is 5.66. The maximum absolute atomic E-state index is 12.2. The van der Waals surface area contributed by atoms with Gasteiger partial charge >= 0.3 is 0 Å². The van der Waals surface area contributed by atoms with E-state index < -0.39 is 10.0 Å². The van der Waals surface area contributed by atoms with Crippen LogP contribution in [-0.4, -0.2) is 26.3 Å². The Morgan fingerprint density at radius 2 is 2.17 bits per heavy atom. The van der Waals surface area contributed by atoms with Crippen molar-refractivity contribution in [2.75, 3.05) is 13.6 Å². The van der Waals surface area contributed by atoms with E-state index in [-0.39, 0.29) is 22.0 Å². The van der Waals surface area contributed by atoms with Crippen molar-refractivity contribution in [2.24, 2.45) is 0 Å². The van der Waals surface area contributed by atoms with E-state index in [0.717, 1.165) is 5.57 Å². The van der Waals surface area contributed by atoms with Crippen molar-refractivity contribution < 1.29 is 8.42 Å². The van der Waals surface area contributed by atoms with Gasteiger partial charge in [-0.15, -0.1) is 0 Å². The Kier molecular flexibility index (Phi) is 4.52. The first kappa shape index (κ1) is 14.7. The van der Waals surface area contributed by atoms with Crippen LogP contribution in [0.25, 0.3) is 0 Å². The summed E-state index contributed by atoms with van der Waals surface area (Å²) in [7, 11) is -2.13. The average Bonchev–Trinajstić information content (AvgIpc) is 2.27. The van der Waals surface area contributed by atoms with Gasteiger partial charge in [-0.2, -0.15) is 9.57 Å². The van der Waals surface area contributed by atoms with Crippen molar-refractivity contribution in [2.45, 2.75) is 11.8 Å². The standard InChI is InChI=1S/C12H13ClN2O2S/c1-9(2)8-15(3)18(16,17)11-5-4-10(7-14)12(13)6-11/h4-6H,1,8H2,2-3H3. The molecule has 0 aliphatic heterocycles. The van der Waals surface area contributed by atoms with Crippen molar-refractivity contribution in [1.29, 1.82) is 5.26 Å². The van der Waals surface area contributed by atoms with Crippen molar-refractivity contribution in [3.8, 4) is 6.07 Å². The molecule has 0 unspecified atom stereocenters. The summed E-state index contributed by atoms with van der Waals surface area (Å²) in [5.41, 5.74) is 0.985. The van der Waals surface area contributed by atoms with Gasteiger partial charge in [0.1, 0.15) is 6.07 Å². The molecule has 0 aromatic heterocycles. The maximum Gasteiger partial charge on any atom is 0.243 e. The van der Waals surface area contributed by atoms with Crippen molar-refractivity contribution in [3.63, 3.8) is 0 Å². The zero-order chi connectivity index (χ0) is 13.9. The lowest BCUT2D eigenvalue weighted by Gasteiger charge is -2.17. The summed E-state index contributed by atoms with van der Waals surface area (Å²) in [5, 5.41) is 8.86. The summed E-state index contributed by atoms with van der Waals surface area (Å²) in [5.74, 6) is 0. The third-order valence-electron chi connectivity index (χ3n) is 2.26. The Morgan fingerprint density at radius 1 is 1.56 bits per heavy atom. The number of hydrogen-bond donors (Lipinski definition) is 0. The summed E-state index contributed by atoms with van der Waals surface area (Å²) >= 11 is 5.82. The maximum atomic E-state index is 12.2. The van der Waals surface area contributed by atoms with Crippen LogP contribution in [0.3, 0.4) is 0 Å². The molecule has 1 aromatic carbocycles. The fourth-order valence-corrected chi connectivity index (χ4v) is 2.94. The van der Waals surface area contributed by atoms with Crippen molar-refractivity contribution >= 4 is 21.6 Å². The molecule has 0 fully saturated rings. The molecule has 6 heteroatoms. The molecule has 0 spiro atoms. The number of nitrogens with zero attached hydrogens (tertiary/aromatic N) is 2. The van der Waals surface area contributed by atoms with Crippen LogP contribution in [0.4, 0.5) is 0 Å². The van der Waals surface area contributed by atoms with Gasteiger partial charge in [0, 0.05) is 13.6 Å². The Morgan fingerprint density at radius 3 is 2.61 bits per heavy atom. The van der Waals surface area contributed by atoms with Gasteiger partial charge < -0.3 is 0 Å². The summed E-state index contributed by atoms with van der Waals surface area (Å²) in [4.78, 5) is 0.0650. The monoisotopic (exact) mass is 284 g/mol. The normalized spacial score (nSPS) is 11.3. The van der Waals surface area contributed by atoms with E-state index in [9.17, 15) is 8.42 Å². The van der Waals surface area contributed by atoms with Gasteiger partial charge in [-0.05, 0) is 25.1 Å². The van der Waals surface area contributed by atoms with Gasteiger partial charge in [-0.3, -0.25) is 0 Å². The van der Waals surface area contributed by atoms with E-state index in [1.807, 2.05) is 6.07 Å². The third kappa shape index (κ3) is 3.10. The van der Waals surface area contributed by atoms with Gasteiger partial charge in [0.25, 0.3) is 0 Å².